The summed E-state index contributed by atoms with van der Waals surface area (Å²) in [7, 11) is 3.20. The topological polar surface area (TPSA) is 30.9 Å². The van der Waals surface area contributed by atoms with Crippen LogP contribution in [0.3, 0.4) is 0 Å². The molecule has 2 aliphatic rings. The Morgan fingerprint density at radius 2 is 2.10 bits per heavy atom. The van der Waals surface area contributed by atoms with Crippen molar-refractivity contribution in [3.8, 4) is 23.8 Å². The van der Waals surface area contributed by atoms with Gasteiger partial charge in [0, 0.05) is 36.0 Å². The first-order valence-corrected chi connectivity index (χ1v) is 10.9. The Balaban J connectivity index is 1.58. The fourth-order valence-electron chi connectivity index (χ4n) is 4.48. The third-order valence-electron chi connectivity index (χ3n) is 6.08. The van der Waals surface area contributed by atoms with E-state index in [-0.39, 0.29) is 6.04 Å². The van der Waals surface area contributed by atoms with Crippen LogP contribution in [0.1, 0.15) is 33.7 Å². The van der Waals surface area contributed by atoms with Crippen LogP contribution in [0.2, 0.25) is 0 Å². The monoisotopic (exact) mass is 451 g/mol. The molecular weight excluding hydrogens is 427 g/mol. The molecule has 1 aromatic carbocycles. The van der Waals surface area contributed by atoms with Gasteiger partial charge in [0.25, 0.3) is 0 Å². The molecule has 0 saturated carbocycles. The fourth-order valence-corrected chi connectivity index (χ4v) is 5.74. The number of rotatable bonds is 4. The first-order chi connectivity index (χ1) is 14.8. The Morgan fingerprint density at radius 1 is 1.29 bits per heavy atom. The number of nitrogens with zero attached hydrogens (tertiary/aromatic N) is 1. The summed E-state index contributed by atoms with van der Waals surface area (Å²) in [5.74, 6) is 4.25. The molecule has 2 aromatic rings. The van der Waals surface area contributed by atoms with E-state index in [1.165, 1.54) is 6.07 Å². The second-order valence-corrected chi connectivity index (χ2v) is 8.89. The maximum absolute atomic E-state index is 13.3. The van der Waals surface area contributed by atoms with Crippen LogP contribution in [0.25, 0.3) is 0 Å². The van der Waals surface area contributed by atoms with Gasteiger partial charge in [-0.2, -0.15) is 13.2 Å². The number of terminal acetylenes is 1. The summed E-state index contributed by atoms with van der Waals surface area (Å²) in [6, 6.07) is 6.66. The van der Waals surface area contributed by atoms with Crippen LogP contribution in [0.15, 0.2) is 24.3 Å². The van der Waals surface area contributed by atoms with E-state index in [0.29, 0.717) is 55.3 Å². The number of alkyl halides is 3. The summed E-state index contributed by atoms with van der Waals surface area (Å²) in [4.78, 5) is 2.28. The Kier molecular flexibility index (Phi) is 5.95. The molecule has 1 fully saturated rings. The number of thiophene rings is 1. The molecule has 1 saturated heterocycles. The summed E-state index contributed by atoms with van der Waals surface area (Å²) >= 11 is 0.805. The van der Waals surface area contributed by atoms with Crippen LogP contribution >= 0.6 is 11.3 Å². The number of halogens is 3. The Bertz CT molecular complexity index is 997. The quantitative estimate of drug-likeness (QED) is 0.622. The molecule has 0 N–H and O–H groups in total. The molecule has 0 bridgehead atoms. The van der Waals surface area contributed by atoms with Crippen molar-refractivity contribution < 1.29 is 27.4 Å². The number of methoxy groups -OCH3 is 2. The molecule has 2 atom stereocenters. The van der Waals surface area contributed by atoms with Crippen molar-refractivity contribution in [3.05, 3.63) is 45.1 Å². The van der Waals surface area contributed by atoms with Gasteiger partial charge in [-0.25, -0.2) is 0 Å². The van der Waals surface area contributed by atoms with Gasteiger partial charge < -0.3 is 14.2 Å². The van der Waals surface area contributed by atoms with E-state index in [1.807, 2.05) is 18.2 Å². The van der Waals surface area contributed by atoms with Crippen LogP contribution in [0.5, 0.6) is 11.5 Å². The second kappa shape index (κ2) is 8.38. The van der Waals surface area contributed by atoms with Gasteiger partial charge in [0.2, 0.25) is 0 Å². The molecule has 0 amide bonds. The van der Waals surface area contributed by atoms with Crippen LogP contribution in [0.4, 0.5) is 13.2 Å². The highest BCUT2D eigenvalue weighted by Gasteiger charge is 2.47. The highest BCUT2D eigenvalue weighted by Crippen LogP contribution is 2.49. The van der Waals surface area contributed by atoms with Gasteiger partial charge in [-0.05, 0) is 30.5 Å². The van der Waals surface area contributed by atoms with E-state index in [4.69, 9.17) is 20.6 Å². The van der Waals surface area contributed by atoms with Crippen LogP contribution in [-0.4, -0.2) is 38.3 Å². The maximum atomic E-state index is 13.3. The van der Waals surface area contributed by atoms with Crippen LogP contribution in [0, 0.1) is 12.3 Å². The first kappa shape index (κ1) is 22.0. The van der Waals surface area contributed by atoms with Crippen molar-refractivity contribution in [2.24, 2.45) is 0 Å². The third kappa shape index (κ3) is 4.14. The number of likely N-dealkylation sites (tertiary alicyclic amines) is 1. The van der Waals surface area contributed by atoms with Crippen molar-refractivity contribution in [2.45, 2.75) is 43.6 Å². The molecule has 166 valence electrons. The van der Waals surface area contributed by atoms with E-state index in [0.717, 1.165) is 22.5 Å². The van der Waals surface area contributed by atoms with Gasteiger partial charge >= 0.3 is 6.18 Å². The second-order valence-electron chi connectivity index (χ2n) is 7.84. The molecule has 2 unspecified atom stereocenters. The summed E-state index contributed by atoms with van der Waals surface area (Å²) in [6.45, 7) is 1.59. The van der Waals surface area contributed by atoms with Gasteiger partial charge in [-0.15, -0.1) is 17.8 Å². The van der Waals surface area contributed by atoms with E-state index in [2.05, 4.69) is 10.8 Å². The molecule has 4 rings (SSSR count). The predicted octanol–water partition coefficient (Wildman–Crippen LogP) is 4.85. The predicted molar refractivity (Wildman–Crippen MR) is 112 cm³/mol. The average Bonchev–Trinajstić information content (AvgIpc) is 3.22. The Hall–Kier alpha value is -2.21. The van der Waals surface area contributed by atoms with Crippen molar-refractivity contribution in [3.63, 3.8) is 0 Å². The highest BCUT2D eigenvalue weighted by atomic mass is 32.1. The zero-order valence-electron chi connectivity index (χ0n) is 17.4. The van der Waals surface area contributed by atoms with Gasteiger partial charge in [0.15, 0.2) is 0 Å². The lowest BCUT2D eigenvalue weighted by atomic mass is 9.81. The maximum Gasteiger partial charge on any atom is 0.425 e. The van der Waals surface area contributed by atoms with Crippen LogP contribution in [-0.2, 0) is 29.5 Å². The van der Waals surface area contributed by atoms with Crippen molar-refractivity contribution in [1.29, 1.82) is 0 Å². The van der Waals surface area contributed by atoms with Gasteiger partial charge in [0.05, 0.1) is 26.9 Å². The van der Waals surface area contributed by atoms with Crippen molar-refractivity contribution in [1.82, 2.24) is 4.90 Å². The number of ether oxygens (including phenoxy) is 3. The molecule has 3 heterocycles. The standard InChI is InChI=1S/C23H24F3NO3S/c1-4-17-13-22(21-15(7-10-30-22)11-20(31-21)23(24,25)26)8-9-27(17)14-16-5-6-18(28-2)12-19(16)29-3/h1,5-6,11-12,17H,7-10,13-14H2,2-3H3. The fraction of sp³-hybridized carbons (Fsp3) is 0.478. The van der Waals surface area contributed by atoms with E-state index >= 15 is 0 Å². The number of hydrogen-bond acceptors (Lipinski definition) is 5. The molecule has 4 nitrogen and oxygen atoms in total. The molecular formula is C23H24F3NO3S. The van der Waals surface area contributed by atoms with Gasteiger partial charge in [-0.1, -0.05) is 12.0 Å². The lowest BCUT2D eigenvalue weighted by Gasteiger charge is -2.46. The number of hydrogen-bond donors (Lipinski definition) is 0. The highest BCUT2D eigenvalue weighted by molar-refractivity contribution is 7.12. The summed E-state index contributed by atoms with van der Waals surface area (Å²) in [5, 5.41) is 0. The zero-order valence-corrected chi connectivity index (χ0v) is 18.2. The largest absolute Gasteiger partial charge is 0.497 e. The molecule has 31 heavy (non-hydrogen) atoms. The minimum Gasteiger partial charge on any atom is -0.497 e. The smallest absolute Gasteiger partial charge is 0.425 e. The molecule has 1 spiro atoms. The lowest BCUT2D eigenvalue weighted by Crippen LogP contribution is -2.50. The zero-order chi connectivity index (χ0) is 22.2. The third-order valence-corrected chi connectivity index (χ3v) is 7.49. The summed E-state index contributed by atoms with van der Waals surface area (Å²) < 4.78 is 56.8. The Labute approximate surface area is 183 Å². The van der Waals surface area contributed by atoms with Crippen molar-refractivity contribution >= 4 is 11.3 Å². The summed E-state index contributed by atoms with van der Waals surface area (Å²) in [5.41, 5.74) is 0.962. The molecule has 8 heteroatoms. The molecule has 1 aromatic heterocycles. The first-order valence-electron chi connectivity index (χ1n) is 10.0. The number of benzene rings is 1. The SMILES string of the molecule is C#CC1CC2(CCN1Cc1ccc(OC)cc1OC)OCCc1cc(C(F)(F)F)sc12. The van der Waals surface area contributed by atoms with E-state index in [1.54, 1.807) is 14.2 Å². The minimum atomic E-state index is -4.35. The minimum absolute atomic E-state index is 0.261. The average molecular weight is 452 g/mol. The normalized spacial score (nSPS) is 23.9. The summed E-state index contributed by atoms with van der Waals surface area (Å²) in [6.07, 6.45) is 3.08. The van der Waals surface area contributed by atoms with Gasteiger partial charge in [0.1, 0.15) is 22.0 Å². The Morgan fingerprint density at radius 3 is 2.77 bits per heavy atom. The van der Waals surface area contributed by atoms with E-state index < -0.39 is 16.7 Å². The molecule has 0 aliphatic carbocycles. The van der Waals surface area contributed by atoms with Crippen molar-refractivity contribution in [2.75, 3.05) is 27.4 Å². The molecule has 2 aliphatic heterocycles. The number of piperidine rings is 1. The van der Waals surface area contributed by atoms with E-state index in [9.17, 15) is 13.2 Å². The number of fused-ring (bicyclic) bond motifs is 2. The molecule has 0 radical (unpaired) electrons. The van der Waals surface area contributed by atoms with Crippen LogP contribution < -0.4 is 9.47 Å². The van der Waals surface area contributed by atoms with Gasteiger partial charge in [-0.3, -0.25) is 4.90 Å². The lowest BCUT2D eigenvalue weighted by molar-refractivity contribution is -0.134.